The first-order valence-electron chi connectivity index (χ1n) is 7.27. The first kappa shape index (κ1) is 15.8. The van der Waals surface area contributed by atoms with E-state index in [0.717, 1.165) is 16.7 Å². The van der Waals surface area contributed by atoms with E-state index < -0.39 is 11.8 Å². The Kier molecular flexibility index (Phi) is 5.31. The van der Waals surface area contributed by atoms with Crippen molar-refractivity contribution in [2.75, 3.05) is 11.9 Å². The Morgan fingerprint density at radius 1 is 0.909 bits per heavy atom. The zero-order chi connectivity index (χ0) is 15.9. The highest BCUT2D eigenvalue weighted by Gasteiger charge is 2.14. The number of nitrogens with one attached hydrogen (secondary N) is 2. The zero-order valence-electron chi connectivity index (χ0n) is 12.8. The summed E-state index contributed by atoms with van der Waals surface area (Å²) in [6.07, 6.45) is 0.698. The molecule has 0 heterocycles. The van der Waals surface area contributed by atoms with Gasteiger partial charge in [-0.25, -0.2) is 0 Å². The van der Waals surface area contributed by atoms with Gasteiger partial charge in [-0.3, -0.25) is 9.59 Å². The summed E-state index contributed by atoms with van der Waals surface area (Å²) in [7, 11) is 0. The van der Waals surface area contributed by atoms with Crippen LogP contribution in [0, 0.1) is 13.8 Å². The van der Waals surface area contributed by atoms with Gasteiger partial charge in [-0.05, 0) is 43.0 Å². The van der Waals surface area contributed by atoms with Crippen molar-refractivity contribution in [1.29, 1.82) is 0 Å². The van der Waals surface area contributed by atoms with Gasteiger partial charge in [0.1, 0.15) is 0 Å². The number of benzene rings is 2. The molecule has 2 amide bonds. The fraction of sp³-hybridized carbons (Fsp3) is 0.222. The summed E-state index contributed by atoms with van der Waals surface area (Å²) in [6, 6.07) is 15.4. The fourth-order valence-electron chi connectivity index (χ4n) is 2.11. The highest BCUT2D eigenvalue weighted by molar-refractivity contribution is 6.39. The van der Waals surface area contributed by atoms with E-state index in [2.05, 4.69) is 10.6 Å². The molecular weight excluding hydrogens is 276 g/mol. The number of carbonyl (C=O) groups excluding carboxylic acids is 2. The Bertz CT molecular complexity index is 666. The third-order valence-electron chi connectivity index (χ3n) is 3.60. The summed E-state index contributed by atoms with van der Waals surface area (Å²) >= 11 is 0. The lowest BCUT2D eigenvalue weighted by Crippen LogP contribution is -2.36. The molecule has 0 bridgehead atoms. The van der Waals surface area contributed by atoms with Crippen LogP contribution in [0.4, 0.5) is 5.69 Å². The van der Waals surface area contributed by atoms with E-state index in [0.29, 0.717) is 18.7 Å². The quantitative estimate of drug-likeness (QED) is 0.852. The standard InChI is InChI=1S/C18H20N2O2/c1-13-7-6-10-16(14(13)2)20-18(22)17(21)19-12-11-15-8-4-3-5-9-15/h3-10H,11-12H2,1-2H3,(H,19,21)(H,20,22). The van der Waals surface area contributed by atoms with Crippen LogP contribution < -0.4 is 10.6 Å². The van der Waals surface area contributed by atoms with Crippen molar-refractivity contribution in [3.8, 4) is 0 Å². The molecule has 0 aliphatic rings. The SMILES string of the molecule is Cc1cccc(NC(=O)C(=O)NCCc2ccccc2)c1C. The lowest BCUT2D eigenvalue weighted by Gasteiger charge is -2.10. The van der Waals surface area contributed by atoms with Crippen LogP contribution in [0.15, 0.2) is 48.5 Å². The number of rotatable bonds is 4. The molecule has 0 aliphatic heterocycles. The molecule has 0 saturated carbocycles. The van der Waals surface area contributed by atoms with Crippen LogP contribution in [0.5, 0.6) is 0 Å². The summed E-state index contributed by atoms with van der Waals surface area (Å²) in [5.41, 5.74) is 3.83. The molecule has 0 aliphatic carbocycles. The number of hydrogen-bond donors (Lipinski definition) is 2. The summed E-state index contributed by atoms with van der Waals surface area (Å²) < 4.78 is 0. The van der Waals surface area contributed by atoms with E-state index >= 15 is 0 Å². The van der Waals surface area contributed by atoms with E-state index in [-0.39, 0.29) is 0 Å². The van der Waals surface area contributed by atoms with Gasteiger partial charge in [0.25, 0.3) is 0 Å². The van der Waals surface area contributed by atoms with E-state index in [1.807, 2.05) is 56.3 Å². The van der Waals surface area contributed by atoms with Crippen LogP contribution in [0.2, 0.25) is 0 Å². The predicted molar refractivity (Wildman–Crippen MR) is 87.7 cm³/mol. The Morgan fingerprint density at radius 3 is 2.36 bits per heavy atom. The van der Waals surface area contributed by atoms with Crippen molar-refractivity contribution in [2.24, 2.45) is 0 Å². The van der Waals surface area contributed by atoms with Gasteiger partial charge in [0, 0.05) is 12.2 Å². The summed E-state index contributed by atoms with van der Waals surface area (Å²) in [6.45, 7) is 4.31. The maximum atomic E-state index is 11.9. The smallest absolute Gasteiger partial charge is 0.313 e. The molecule has 2 aromatic carbocycles. The molecular formula is C18H20N2O2. The minimum Gasteiger partial charge on any atom is -0.347 e. The van der Waals surface area contributed by atoms with Gasteiger partial charge < -0.3 is 10.6 Å². The number of carbonyl (C=O) groups is 2. The molecule has 22 heavy (non-hydrogen) atoms. The molecule has 0 aromatic heterocycles. The molecule has 4 nitrogen and oxygen atoms in total. The lowest BCUT2D eigenvalue weighted by molar-refractivity contribution is -0.136. The first-order valence-corrected chi connectivity index (χ1v) is 7.27. The van der Waals surface area contributed by atoms with Crippen molar-refractivity contribution in [2.45, 2.75) is 20.3 Å². The topological polar surface area (TPSA) is 58.2 Å². The van der Waals surface area contributed by atoms with E-state index in [1.54, 1.807) is 6.07 Å². The van der Waals surface area contributed by atoms with Gasteiger partial charge in [-0.1, -0.05) is 42.5 Å². The maximum Gasteiger partial charge on any atom is 0.313 e. The highest BCUT2D eigenvalue weighted by atomic mass is 16.2. The lowest BCUT2D eigenvalue weighted by atomic mass is 10.1. The normalized spacial score (nSPS) is 10.1. The van der Waals surface area contributed by atoms with Gasteiger partial charge in [0.2, 0.25) is 0 Å². The fourth-order valence-corrected chi connectivity index (χ4v) is 2.11. The van der Waals surface area contributed by atoms with E-state index in [4.69, 9.17) is 0 Å². The van der Waals surface area contributed by atoms with Crippen molar-refractivity contribution in [1.82, 2.24) is 5.32 Å². The van der Waals surface area contributed by atoms with Crippen LogP contribution in [-0.4, -0.2) is 18.4 Å². The average Bonchev–Trinajstić information content (AvgIpc) is 2.52. The molecule has 0 fully saturated rings. The largest absolute Gasteiger partial charge is 0.347 e. The van der Waals surface area contributed by atoms with Gasteiger partial charge in [0.05, 0.1) is 0 Å². The van der Waals surface area contributed by atoms with Crippen LogP contribution in [-0.2, 0) is 16.0 Å². The van der Waals surface area contributed by atoms with Crippen molar-refractivity contribution >= 4 is 17.5 Å². The highest BCUT2D eigenvalue weighted by Crippen LogP contribution is 2.17. The van der Waals surface area contributed by atoms with Crippen LogP contribution in [0.1, 0.15) is 16.7 Å². The van der Waals surface area contributed by atoms with Gasteiger partial charge in [-0.2, -0.15) is 0 Å². The minimum absolute atomic E-state index is 0.434. The molecule has 2 N–H and O–H groups in total. The van der Waals surface area contributed by atoms with E-state index in [9.17, 15) is 9.59 Å². The molecule has 0 unspecified atom stereocenters. The molecule has 0 atom stereocenters. The minimum atomic E-state index is -0.637. The second kappa shape index (κ2) is 7.41. The average molecular weight is 296 g/mol. The Labute approximate surface area is 130 Å². The second-order valence-electron chi connectivity index (χ2n) is 5.19. The molecule has 0 radical (unpaired) electrons. The predicted octanol–water partition coefficient (Wildman–Crippen LogP) is 2.60. The van der Waals surface area contributed by atoms with Gasteiger partial charge in [-0.15, -0.1) is 0 Å². The van der Waals surface area contributed by atoms with Crippen LogP contribution in [0.25, 0.3) is 0 Å². The zero-order valence-corrected chi connectivity index (χ0v) is 12.8. The van der Waals surface area contributed by atoms with Crippen LogP contribution >= 0.6 is 0 Å². The van der Waals surface area contributed by atoms with Gasteiger partial charge >= 0.3 is 11.8 Å². The first-order chi connectivity index (χ1) is 10.6. The number of anilines is 1. The second-order valence-corrected chi connectivity index (χ2v) is 5.19. The monoisotopic (exact) mass is 296 g/mol. The third kappa shape index (κ3) is 4.19. The van der Waals surface area contributed by atoms with E-state index in [1.165, 1.54) is 0 Å². The third-order valence-corrected chi connectivity index (χ3v) is 3.60. The Morgan fingerprint density at radius 2 is 1.64 bits per heavy atom. The molecule has 0 saturated heterocycles. The summed E-state index contributed by atoms with van der Waals surface area (Å²) in [5.74, 6) is -1.25. The Hall–Kier alpha value is -2.62. The maximum absolute atomic E-state index is 11.9. The number of aryl methyl sites for hydroxylation is 1. The molecule has 114 valence electrons. The molecule has 2 rings (SSSR count). The van der Waals surface area contributed by atoms with Crippen molar-refractivity contribution < 1.29 is 9.59 Å². The number of amides is 2. The Balaban J connectivity index is 1.85. The molecule has 2 aromatic rings. The molecule has 4 heteroatoms. The number of hydrogen-bond acceptors (Lipinski definition) is 2. The summed E-state index contributed by atoms with van der Waals surface area (Å²) in [4.78, 5) is 23.7. The van der Waals surface area contributed by atoms with Crippen molar-refractivity contribution in [3.63, 3.8) is 0 Å². The van der Waals surface area contributed by atoms with Gasteiger partial charge in [0.15, 0.2) is 0 Å². The van der Waals surface area contributed by atoms with Crippen LogP contribution in [0.3, 0.4) is 0 Å². The molecule has 0 spiro atoms. The van der Waals surface area contributed by atoms with Crippen molar-refractivity contribution in [3.05, 3.63) is 65.2 Å². The summed E-state index contributed by atoms with van der Waals surface area (Å²) in [5, 5.41) is 5.28.